The summed E-state index contributed by atoms with van der Waals surface area (Å²) in [6.07, 6.45) is 0.993. The van der Waals surface area contributed by atoms with Gasteiger partial charge in [-0.25, -0.2) is 4.68 Å². The topological polar surface area (TPSA) is 39.1 Å². The Morgan fingerprint density at radius 3 is 2.92 bits per heavy atom. The molecule has 0 saturated heterocycles. The first-order valence-corrected chi connectivity index (χ1v) is 9.19. The summed E-state index contributed by atoms with van der Waals surface area (Å²) in [5.74, 6) is 1.93. The van der Waals surface area contributed by atoms with Crippen molar-refractivity contribution in [2.75, 3.05) is 18.5 Å². The van der Waals surface area contributed by atoms with Crippen molar-refractivity contribution in [2.24, 2.45) is 0 Å². The summed E-state index contributed by atoms with van der Waals surface area (Å²) in [5, 5.41) is 8.41. The van der Waals surface area contributed by atoms with Gasteiger partial charge in [-0.3, -0.25) is 0 Å². The van der Waals surface area contributed by atoms with Gasteiger partial charge in [0.1, 0.15) is 17.3 Å². The van der Waals surface area contributed by atoms with Crippen LogP contribution in [0.5, 0.6) is 5.75 Å². The largest absolute Gasteiger partial charge is 0.492 e. The van der Waals surface area contributed by atoms with Gasteiger partial charge in [0.05, 0.1) is 12.3 Å². The van der Waals surface area contributed by atoms with Crippen molar-refractivity contribution in [1.29, 1.82) is 0 Å². The lowest BCUT2D eigenvalue weighted by Gasteiger charge is -2.12. The number of hydrogen-bond donors (Lipinski definition) is 1. The third-order valence-corrected chi connectivity index (χ3v) is 4.81. The smallest absolute Gasteiger partial charge is 0.145 e. The number of nitrogens with zero attached hydrogens (tertiary/aromatic N) is 2. The van der Waals surface area contributed by atoms with Crippen molar-refractivity contribution in [2.45, 2.75) is 13.3 Å². The van der Waals surface area contributed by atoms with Gasteiger partial charge in [-0.05, 0) is 60.2 Å². The number of nitrogens with one attached hydrogen (secondary N) is 1. The van der Waals surface area contributed by atoms with Crippen LogP contribution in [0.15, 0.2) is 48.5 Å². The monoisotopic (exact) mass is 431 g/mol. The van der Waals surface area contributed by atoms with Gasteiger partial charge < -0.3 is 10.1 Å². The average Bonchev–Trinajstić information content (AvgIpc) is 3.18. The lowest BCUT2D eigenvalue weighted by Crippen LogP contribution is -2.06. The molecule has 4 nitrogen and oxygen atoms in total. The number of anilines is 1. The summed E-state index contributed by atoms with van der Waals surface area (Å²) in [6.45, 7) is 3.58. The molecule has 0 saturated carbocycles. The summed E-state index contributed by atoms with van der Waals surface area (Å²) >= 11 is 2.34. The van der Waals surface area contributed by atoms with Crippen LogP contribution in [0.25, 0.3) is 16.9 Å². The molecular weight excluding hydrogens is 413 g/mol. The summed E-state index contributed by atoms with van der Waals surface area (Å²) in [7, 11) is 0. The molecule has 0 radical (unpaired) electrons. The Bertz CT molecular complexity index is 888. The molecule has 2 aromatic carbocycles. The minimum Gasteiger partial charge on any atom is -0.492 e. The third kappa shape index (κ3) is 2.66. The zero-order valence-electron chi connectivity index (χ0n) is 13.4. The van der Waals surface area contributed by atoms with Crippen LogP contribution < -0.4 is 10.1 Å². The minimum atomic E-state index is 0.637. The summed E-state index contributed by atoms with van der Waals surface area (Å²) in [5.41, 5.74) is 4.47. The summed E-state index contributed by atoms with van der Waals surface area (Å²) < 4.78 is 9.00. The van der Waals surface area contributed by atoms with Crippen molar-refractivity contribution in [3.8, 4) is 22.7 Å². The van der Waals surface area contributed by atoms with E-state index in [-0.39, 0.29) is 0 Å². The molecule has 0 atom stereocenters. The predicted octanol–water partition coefficient (Wildman–Crippen LogP) is 4.51. The second kappa shape index (κ2) is 6.47. The van der Waals surface area contributed by atoms with Crippen molar-refractivity contribution in [3.05, 3.63) is 57.7 Å². The first-order valence-electron chi connectivity index (χ1n) is 8.12. The second-order valence-electron chi connectivity index (χ2n) is 5.68. The molecule has 122 valence electrons. The van der Waals surface area contributed by atoms with Crippen LogP contribution in [0, 0.1) is 3.57 Å². The van der Waals surface area contributed by atoms with E-state index in [1.165, 1.54) is 9.13 Å². The lowest BCUT2D eigenvalue weighted by molar-refractivity contribution is 0.338. The van der Waals surface area contributed by atoms with Gasteiger partial charge in [0.25, 0.3) is 0 Å². The molecule has 5 heteroatoms. The van der Waals surface area contributed by atoms with Gasteiger partial charge in [-0.2, -0.15) is 5.10 Å². The summed E-state index contributed by atoms with van der Waals surface area (Å²) in [4.78, 5) is 0. The first kappa shape index (κ1) is 15.5. The number of halogens is 1. The molecule has 24 heavy (non-hydrogen) atoms. The van der Waals surface area contributed by atoms with E-state index in [0.717, 1.165) is 41.5 Å². The van der Waals surface area contributed by atoms with Crippen LogP contribution in [0.4, 0.5) is 5.82 Å². The normalized spacial score (nSPS) is 12.8. The van der Waals surface area contributed by atoms with Crippen LogP contribution in [0.2, 0.25) is 0 Å². The van der Waals surface area contributed by atoms with Gasteiger partial charge in [0.2, 0.25) is 0 Å². The molecule has 4 rings (SSSR count). The van der Waals surface area contributed by atoms with Crippen LogP contribution in [0.1, 0.15) is 12.5 Å². The fourth-order valence-electron chi connectivity index (χ4n) is 3.13. The van der Waals surface area contributed by atoms with Crippen LogP contribution in [-0.2, 0) is 6.42 Å². The quantitative estimate of drug-likeness (QED) is 0.618. The SMILES string of the molecule is CCOc1ccccc1-n1nc(-c2cccc(I)c2)c2c1NCC2. The predicted molar refractivity (Wildman–Crippen MR) is 105 cm³/mol. The molecule has 2 heterocycles. The van der Waals surface area contributed by atoms with Gasteiger partial charge in [0, 0.05) is 21.2 Å². The molecule has 1 aliphatic rings. The van der Waals surface area contributed by atoms with E-state index in [2.05, 4.69) is 58.2 Å². The maximum atomic E-state index is 5.80. The number of para-hydroxylation sites is 2. The molecular formula is C19H18IN3O. The Morgan fingerprint density at radius 2 is 2.08 bits per heavy atom. The molecule has 0 unspecified atom stereocenters. The van der Waals surface area contributed by atoms with E-state index >= 15 is 0 Å². The second-order valence-corrected chi connectivity index (χ2v) is 6.92. The molecule has 0 fully saturated rings. The van der Waals surface area contributed by atoms with E-state index in [9.17, 15) is 0 Å². The van der Waals surface area contributed by atoms with E-state index < -0.39 is 0 Å². The standard InChI is InChI=1S/C19H18IN3O/c1-2-24-17-9-4-3-8-16(17)23-19-15(10-11-21-19)18(22-23)13-6-5-7-14(20)12-13/h3-9,12,21H,2,10-11H2,1H3. The highest BCUT2D eigenvalue weighted by Gasteiger charge is 2.25. The fourth-order valence-corrected chi connectivity index (χ4v) is 3.67. The maximum Gasteiger partial charge on any atom is 0.145 e. The third-order valence-electron chi connectivity index (χ3n) is 4.14. The van der Waals surface area contributed by atoms with Gasteiger partial charge in [0.15, 0.2) is 0 Å². The van der Waals surface area contributed by atoms with Crippen LogP contribution in [0.3, 0.4) is 0 Å². The summed E-state index contributed by atoms with van der Waals surface area (Å²) in [6, 6.07) is 16.5. The first-order chi connectivity index (χ1) is 11.8. The number of aromatic nitrogens is 2. The Morgan fingerprint density at radius 1 is 1.21 bits per heavy atom. The number of hydrogen-bond acceptors (Lipinski definition) is 3. The zero-order chi connectivity index (χ0) is 16.5. The molecule has 1 aliphatic heterocycles. The Kier molecular flexibility index (Phi) is 4.18. The molecule has 0 amide bonds. The number of benzene rings is 2. The van der Waals surface area contributed by atoms with E-state index in [4.69, 9.17) is 9.84 Å². The van der Waals surface area contributed by atoms with Crippen molar-refractivity contribution in [1.82, 2.24) is 9.78 Å². The lowest BCUT2D eigenvalue weighted by atomic mass is 10.1. The Hall–Kier alpha value is -2.02. The van der Waals surface area contributed by atoms with Crippen molar-refractivity contribution in [3.63, 3.8) is 0 Å². The molecule has 3 aromatic rings. The Balaban J connectivity index is 1.88. The fraction of sp³-hybridized carbons (Fsp3) is 0.211. The van der Waals surface area contributed by atoms with Crippen molar-refractivity contribution < 1.29 is 4.74 Å². The van der Waals surface area contributed by atoms with Gasteiger partial charge in [-0.1, -0.05) is 24.3 Å². The van der Waals surface area contributed by atoms with Gasteiger partial charge in [-0.15, -0.1) is 0 Å². The maximum absolute atomic E-state index is 5.80. The number of fused-ring (bicyclic) bond motifs is 1. The molecule has 0 spiro atoms. The number of rotatable bonds is 4. The van der Waals surface area contributed by atoms with E-state index in [1.54, 1.807) is 0 Å². The van der Waals surface area contributed by atoms with E-state index in [1.807, 2.05) is 29.8 Å². The molecule has 0 aliphatic carbocycles. The molecule has 1 N–H and O–H groups in total. The highest BCUT2D eigenvalue weighted by atomic mass is 127. The van der Waals surface area contributed by atoms with Gasteiger partial charge >= 0.3 is 0 Å². The van der Waals surface area contributed by atoms with Crippen LogP contribution in [-0.4, -0.2) is 22.9 Å². The van der Waals surface area contributed by atoms with Crippen LogP contribution >= 0.6 is 22.6 Å². The van der Waals surface area contributed by atoms with Crippen molar-refractivity contribution >= 4 is 28.4 Å². The highest BCUT2D eigenvalue weighted by Crippen LogP contribution is 2.36. The molecule has 1 aromatic heterocycles. The minimum absolute atomic E-state index is 0.637. The van der Waals surface area contributed by atoms with E-state index in [0.29, 0.717) is 6.61 Å². The Labute approximate surface area is 155 Å². The number of ether oxygens (including phenoxy) is 1. The highest BCUT2D eigenvalue weighted by molar-refractivity contribution is 14.1. The molecule has 0 bridgehead atoms. The zero-order valence-corrected chi connectivity index (χ0v) is 15.6. The average molecular weight is 431 g/mol.